The largest absolute Gasteiger partial charge is 0.329 e. The Hall–Kier alpha value is -0.930. The second-order valence-electron chi connectivity index (χ2n) is 6.34. The Balaban J connectivity index is 2.23. The lowest BCUT2D eigenvalue weighted by Crippen LogP contribution is -2.42. The summed E-state index contributed by atoms with van der Waals surface area (Å²) < 4.78 is 13.5. The third-order valence-corrected chi connectivity index (χ3v) is 4.23. The highest BCUT2D eigenvalue weighted by Crippen LogP contribution is 2.31. The maximum atomic E-state index is 13.5. The van der Waals surface area contributed by atoms with E-state index in [1.807, 2.05) is 6.07 Å². The molecule has 1 aliphatic rings. The molecule has 1 aromatic rings. The van der Waals surface area contributed by atoms with Gasteiger partial charge >= 0.3 is 0 Å². The Morgan fingerprint density at radius 3 is 2.55 bits per heavy atom. The molecule has 1 saturated carbocycles. The zero-order valence-corrected chi connectivity index (χ0v) is 12.7. The highest BCUT2D eigenvalue weighted by Gasteiger charge is 2.29. The quantitative estimate of drug-likeness (QED) is 0.859. The van der Waals surface area contributed by atoms with Crippen LogP contribution in [0.25, 0.3) is 0 Å². The summed E-state index contributed by atoms with van der Waals surface area (Å²) in [6.07, 6.45) is 5.11. The minimum absolute atomic E-state index is 0.135. The van der Waals surface area contributed by atoms with Gasteiger partial charge in [0.2, 0.25) is 0 Å². The van der Waals surface area contributed by atoms with Crippen LogP contribution in [-0.4, -0.2) is 24.0 Å². The number of nitrogens with two attached hydrogens (primary N) is 1. The van der Waals surface area contributed by atoms with Crippen LogP contribution in [0.15, 0.2) is 24.3 Å². The van der Waals surface area contributed by atoms with Gasteiger partial charge in [-0.2, -0.15) is 0 Å². The molecule has 112 valence electrons. The van der Waals surface area contributed by atoms with Gasteiger partial charge in [0.05, 0.1) is 0 Å². The summed E-state index contributed by atoms with van der Waals surface area (Å²) in [6.45, 7) is 6.05. The second kappa shape index (κ2) is 7.19. The molecule has 20 heavy (non-hydrogen) atoms. The van der Waals surface area contributed by atoms with Crippen molar-refractivity contribution in [2.45, 2.75) is 51.6 Å². The van der Waals surface area contributed by atoms with Crippen LogP contribution in [0.4, 0.5) is 4.39 Å². The van der Waals surface area contributed by atoms with E-state index in [0.717, 1.165) is 12.1 Å². The molecule has 0 aliphatic heterocycles. The lowest BCUT2D eigenvalue weighted by atomic mass is 10.0. The highest BCUT2D eigenvalue weighted by molar-refractivity contribution is 5.21. The normalized spacial score (nSPS) is 18.1. The van der Waals surface area contributed by atoms with Crippen molar-refractivity contribution in [1.82, 2.24) is 4.90 Å². The molecule has 1 atom stereocenters. The highest BCUT2D eigenvalue weighted by atomic mass is 19.1. The van der Waals surface area contributed by atoms with Gasteiger partial charge in [-0.25, -0.2) is 4.39 Å². The van der Waals surface area contributed by atoms with E-state index in [0.29, 0.717) is 18.5 Å². The van der Waals surface area contributed by atoms with Gasteiger partial charge in [0.25, 0.3) is 0 Å². The Bertz CT molecular complexity index is 413. The second-order valence-corrected chi connectivity index (χ2v) is 6.34. The number of hydrogen-bond acceptors (Lipinski definition) is 2. The third-order valence-electron chi connectivity index (χ3n) is 4.23. The zero-order valence-electron chi connectivity index (χ0n) is 12.7. The van der Waals surface area contributed by atoms with Crippen molar-refractivity contribution < 1.29 is 4.39 Å². The van der Waals surface area contributed by atoms with Crippen molar-refractivity contribution in [3.05, 3.63) is 35.6 Å². The molecule has 2 rings (SSSR count). The third kappa shape index (κ3) is 3.80. The first-order valence-electron chi connectivity index (χ1n) is 7.83. The monoisotopic (exact) mass is 278 g/mol. The Morgan fingerprint density at radius 1 is 1.30 bits per heavy atom. The fourth-order valence-electron chi connectivity index (χ4n) is 3.37. The van der Waals surface area contributed by atoms with Crippen molar-refractivity contribution in [2.75, 3.05) is 13.1 Å². The smallest absolute Gasteiger partial charge is 0.123 e. The standard InChI is InChI=1S/C17H27FN2/c1-13(2)12-20(16-8-3-4-9-16)17(11-19)14-6-5-7-15(18)10-14/h5-7,10,13,16-17H,3-4,8-9,11-12,19H2,1-2H3. The van der Waals surface area contributed by atoms with E-state index in [1.54, 1.807) is 12.1 Å². The summed E-state index contributed by atoms with van der Waals surface area (Å²) in [5.41, 5.74) is 7.05. The number of halogens is 1. The number of hydrogen-bond donors (Lipinski definition) is 1. The van der Waals surface area contributed by atoms with Gasteiger partial charge in [-0.05, 0) is 36.5 Å². The molecule has 0 radical (unpaired) electrons. The summed E-state index contributed by atoms with van der Waals surface area (Å²) in [6, 6.07) is 7.67. The molecule has 2 N–H and O–H groups in total. The molecule has 1 fully saturated rings. The van der Waals surface area contributed by atoms with Crippen molar-refractivity contribution in [3.63, 3.8) is 0 Å². The summed E-state index contributed by atoms with van der Waals surface area (Å²) in [5, 5.41) is 0. The first kappa shape index (κ1) is 15.5. The van der Waals surface area contributed by atoms with E-state index < -0.39 is 0 Å². The fraction of sp³-hybridized carbons (Fsp3) is 0.647. The van der Waals surface area contributed by atoms with Gasteiger partial charge in [-0.1, -0.05) is 38.8 Å². The van der Waals surface area contributed by atoms with Crippen LogP contribution in [0.3, 0.4) is 0 Å². The van der Waals surface area contributed by atoms with Crippen molar-refractivity contribution in [1.29, 1.82) is 0 Å². The predicted molar refractivity (Wildman–Crippen MR) is 82.0 cm³/mol. The molecule has 1 aliphatic carbocycles. The van der Waals surface area contributed by atoms with Crippen molar-refractivity contribution in [3.8, 4) is 0 Å². The molecule has 0 bridgehead atoms. The van der Waals surface area contributed by atoms with Gasteiger partial charge in [-0.15, -0.1) is 0 Å². The SMILES string of the molecule is CC(C)CN(C1CCCC1)C(CN)c1cccc(F)c1. The minimum atomic E-state index is -0.170. The Kier molecular flexibility index (Phi) is 5.55. The van der Waals surface area contributed by atoms with E-state index in [4.69, 9.17) is 5.73 Å². The zero-order chi connectivity index (χ0) is 14.5. The number of rotatable bonds is 6. The van der Waals surface area contributed by atoms with E-state index in [-0.39, 0.29) is 11.9 Å². The topological polar surface area (TPSA) is 29.3 Å². The number of benzene rings is 1. The van der Waals surface area contributed by atoms with Crippen LogP contribution in [0, 0.1) is 11.7 Å². The molecule has 0 amide bonds. The van der Waals surface area contributed by atoms with Crippen LogP contribution in [0.1, 0.15) is 51.1 Å². The van der Waals surface area contributed by atoms with Gasteiger partial charge in [0, 0.05) is 25.2 Å². The molecular formula is C17H27FN2. The first-order valence-corrected chi connectivity index (χ1v) is 7.83. The number of nitrogens with zero attached hydrogens (tertiary/aromatic N) is 1. The van der Waals surface area contributed by atoms with Crippen LogP contribution in [0.2, 0.25) is 0 Å². The van der Waals surface area contributed by atoms with E-state index in [1.165, 1.54) is 31.7 Å². The Labute approximate surface area is 122 Å². The molecule has 0 heterocycles. The predicted octanol–water partition coefficient (Wildman–Crippen LogP) is 3.73. The molecule has 0 saturated heterocycles. The van der Waals surface area contributed by atoms with Crippen LogP contribution in [0.5, 0.6) is 0 Å². The van der Waals surface area contributed by atoms with Gasteiger partial charge in [-0.3, -0.25) is 4.90 Å². The molecule has 0 spiro atoms. The van der Waals surface area contributed by atoms with Crippen LogP contribution in [-0.2, 0) is 0 Å². The first-order chi connectivity index (χ1) is 9.61. The van der Waals surface area contributed by atoms with Crippen molar-refractivity contribution in [2.24, 2.45) is 11.7 Å². The fourth-order valence-corrected chi connectivity index (χ4v) is 3.37. The van der Waals surface area contributed by atoms with Gasteiger partial charge in [0.15, 0.2) is 0 Å². The molecule has 0 aromatic heterocycles. The summed E-state index contributed by atoms with van der Waals surface area (Å²) in [5.74, 6) is 0.426. The molecule has 1 unspecified atom stereocenters. The molecule has 2 nitrogen and oxygen atoms in total. The maximum absolute atomic E-state index is 13.5. The average molecular weight is 278 g/mol. The van der Waals surface area contributed by atoms with Crippen LogP contribution >= 0.6 is 0 Å². The van der Waals surface area contributed by atoms with Gasteiger partial charge < -0.3 is 5.73 Å². The lowest BCUT2D eigenvalue weighted by molar-refractivity contribution is 0.121. The molecular weight excluding hydrogens is 251 g/mol. The van der Waals surface area contributed by atoms with Crippen LogP contribution < -0.4 is 5.73 Å². The summed E-state index contributed by atoms with van der Waals surface area (Å²) in [4.78, 5) is 2.52. The van der Waals surface area contributed by atoms with E-state index in [2.05, 4.69) is 18.7 Å². The minimum Gasteiger partial charge on any atom is -0.329 e. The summed E-state index contributed by atoms with van der Waals surface area (Å²) >= 11 is 0. The van der Waals surface area contributed by atoms with E-state index in [9.17, 15) is 4.39 Å². The lowest BCUT2D eigenvalue weighted by Gasteiger charge is -2.37. The van der Waals surface area contributed by atoms with Gasteiger partial charge in [0.1, 0.15) is 5.82 Å². The van der Waals surface area contributed by atoms with E-state index >= 15 is 0 Å². The molecule has 1 aromatic carbocycles. The molecule has 3 heteroatoms. The summed E-state index contributed by atoms with van der Waals surface area (Å²) in [7, 11) is 0. The average Bonchev–Trinajstić information content (AvgIpc) is 2.92. The van der Waals surface area contributed by atoms with Crippen molar-refractivity contribution >= 4 is 0 Å². The maximum Gasteiger partial charge on any atom is 0.123 e. The Morgan fingerprint density at radius 2 is 2.00 bits per heavy atom.